The Bertz CT molecular complexity index is 138. The van der Waals surface area contributed by atoms with Gasteiger partial charge in [0.1, 0.15) is 6.10 Å². The first-order chi connectivity index (χ1) is 4.33. The van der Waals surface area contributed by atoms with Gasteiger partial charge in [-0.1, -0.05) is 0 Å². The Labute approximate surface area is 57.3 Å². The lowest BCUT2D eigenvalue weighted by molar-refractivity contribution is -0.111. The molecule has 0 saturated heterocycles. The monoisotopic (exact) mass is 172 g/mol. The summed E-state index contributed by atoms with van der Waals surface area (Å²) in [6.45, 7) is 1.13. The highest BCUT2D eigenvalue weighted by Gasteiger charge is 2.22. The molecule has 1 unspecified atom stereocenters. The molecule has 62 valence electrons. The van der Waals surface area contributed by atoms with E-state index >= 15 is 0 Å². The molecule has 0 fully saturated rings. The lowest BCUT2D eigenvalue weighted by Gasteiger charge is -2.14. The first-order valence-electron chi connectivity index (χ1n) is 2.43. The van der Waals surface area contributed by atoms with Crippen molar-refractivity contribution in [3.8, 4) is 0 Å². The highest BCUT2D eigenvalue weighted by Crippen LogP contribution is 2.37. The van der Waals surface area contributed by atoms with Gasteiger partial charge >= 0.3 is 7.82 Å². The maximum absolute atomic E-state index is 10.00. The molecule has 10 heavy (non-hydrogen) atoms. The average molecular weight is 172 g/mol. The fourth-order valence-corrected chi connectivity index (χ4v) is 0.813. The highest BCUT2D eigenvalue weighted by molar-refractivity contribution is 7.46. The minimum absolute atomic E-state index is 1.13. The molecule has 0 aromatic heterocycles. The molecule has 4 N–H and O–H groups in total. The van der Waals surface area contributed by atoms with Crippen LogP contribution in [0, 0.1) is 0 Å². The fraction of sp³-hybridized carbons (Fsp3) is 1.00. The van der Waals surface area contributed by atoms with Crippen molar-refractivity contribution in [3.63, 3.8) is 0 Å². The normalized spacial score (nSPS) is 15.8. The zero-order chi connectivity index (χ0) is 8.36. The van der Waals surface area contributed by atoms with Crippen molar-refractivity contribution in [2.45, 2.75) is 19.3 Å². The summed E-state index contributed by atoms with van der Waals surface area (Å²) < 4.78 is 13.9. The van der Waals surface area contributed by atoms with Crippen molar-refractivity contribution >= 4 is 7.82 Å². The number of hydrogen-bond acceptors (Lipinski definition) is 4. The first kappa shape index (κ1) is 10.0. The van der Waals surface area contributed by atoms with Crippen LogP contribution in [-0.2, 0) is 9.09 Å². The maximum atomic E-state index is 10.00. The summed E-state index contributed by atoms with van der Waals surface area (Å²) >= 11 is 0. The van der Waals surface area contributed by atoms with Gasteiger partial charge in [0.05, 0.1) is 0 Å². The molecule has 0 saturated carbocycles. The van der Waals surface area contributed by atoms with Crippen LogP contribution in [0.5, 0.6) is 0 Å². The third kappa shape index (κ3) is 4.87. The van der Waals surface area contributed by atoms with Crippen molar-refractivity contribution in [2.24, 2.45) is 0 Å². The van der Waals surface area contributed by atoms with Crippen LogP contribution < -0.4 is 0 Å². The first-order valence-corrected chi connectivity index (χ1v) is 3.96. The number of hydrogen-bond donors (Lipinski definition) is 4. The van der Waals surface area contributed by atoms with E-state index in [1.807, 2.05) is 0 Å². The summed E-state index contributed by atoms with van der Waals surface area (Å²) in [7, 11) is -4.60. The van der Waals surface area contributed by atoms with Crippen molar-refractivity contribution in [3.05, 3.63) is 0 Å². The van der Waals surface area contributed by atoms with Gasteiger partial charge in [-0.3, -0.25) is 4.52 Å². The summed E-state index contributed by atoms with van der Waals surface area (Å²) in [5.74, 6) is 0. The van der Waals surface area contributed by atoms with Crippen molar-refractivity contribution in [2.75, 3.05) is 0 Å². The molecule has 0 spiro atoms. The summed E-state index contributed by atoms with van der Waals surface area (Å²) in [4.78, 5) is 16.2. The molecular formula is C3H9O6P. The van der Waals surface area contributed by atoms with Crippen molar-refractivity contribution in [1.29, 1.82) is 0 Å². The molecule has 7 heteroatoms. The summed E-state index contributed by atoms with van der Waals surface area (Å²) in [5.41, 5.74) is 0. The van der Waals surface area contributed by atoms with E-state index in [-0.39, 0.29) is 0 Å². The molecule has 0 aliphatic rings. The van der Waals surface area contributed by atoms with Crippen LogP contribution in [-0.4, -0.2) is 32.4 Å². The van der Waals surface area contributed by atoms with E-state index in [1.54, 1.807) is 0 Å². The molecule has 1 atom stereocenters. The third-order valence-electron chi connectivity index (χ3n) is 0.723. The van der Waals surface area contributed by atoms with Gasteiger partial charge < -0.3 is 20.0 Å². The molecule has 6 nitrogen and oxygen atoms in total. The van der Waals surface area contributed by atoms with E-state index in [2.05, 4.69) is 4.52 Å². The molecule has 0 aromatic rings. The van der Waals surface area contributed by atoms with Crippen molar-refractivity contribution in [1.82, 2.24) is 0 Å². The average Bonchev–Trinajstić information content (AvgIpc) is 1.60. The molecule has 0 heterocycles. The Kier molecular flexibility index (Phi) is 3.44. The Morgan fingerprint density at radius 2 is 1.80 bits per heavy atom. The minimum atomic E-state index is -4.60. The second-order valence-electron chi connectivity index (χ2n) is 1.71. The Morgan fingerprint density at radius 1 is 1.40 bits per heavy atom. The molecule has 0 amide bonds. The standard InChI is InChI=1S/C3H9O6P/c1-2(3(4)5)9-10(6,7)8/h2-5H,1H3,(H2,6,7,8). The van der Waals surface area contributed by atoms with Gasteiger partial charge in [-0.25, -0.2) is 4.57 Å². The van der Waals surface area contributed by atoms with Gasteiger partial charge in [0.25, 0.3) is 0 Å². The van der Waals surface area contributed by atoms with Gasteiger partial charge in [-0.2, -0.15) is 0 Å². The third-order valence-corrected chi connectivity index (χ3v) is 1.33. The molecule has 0 aromatic carbocycles. The number of rotatable bonds is 3. The number of phosphoric ester groups is 1. The van der Waals surface area contributed by atoms with E-state index in [0.29, 0.717) is 0 Å². The van der Waals surface area contributed by atoms with Crippen LogP contribution >= 0.6 is 7.82 Å². The predicted molar refractivity (Wildman–Crippen MR) is 30.8 cm³/mol. The van der Waals surface area contributed by atoms with E-state index in [9.17, 15) is 4.57 Å². The van der Waals surface area contributed by atoms with Crippen LogP contribution in [0.1, 0.15) is 6.92 Å². The number of phosphoric acid groups is 1. The molecule has 0 bridgehead atoms. The van der Waals surface area contributed by atoms with Crippen LogP contribution in [0.2, 0.25) is 0 Å². The van der Waals surface area contributed by atoms with Crippen LogP contribution in [0.25, 0.3) is 0 Å². The van der Waals surface area contributed by atoms with Gasteiger partial charge in [-0.15, -0.1) is 0 Å². The predicted octanol–water partition coefficient (Wildman–Crippen LogP) is -1.21. The smallest absolute Gasteiger partial charge is 0.366 e. The maximum Gasteiger partial charge on any atom is 0.470 e. The zero-order valence-corrected chi connectivity index (χ0v) is 6.10. The summed E-state index contributed by atoms with van der Waals surface area (Å²) in [6.07, 6.45) is -3.17. The zero-order valence-electron chi connectivity index (χ0n) is 5.21. The molecule has 0 aliphatic heterocycles. The largest absolute Gasteiger partial charge is 0.470 e. The molecular weight excluding hydrogens is 163 g/mol. The van der Waals surface area contributed by atoms with E-state index in [4.69, 9.17) is 20.0 Å². The lowest BCUT2D eigenvalue weighted by Crippen LogP contribution is -2.24. The van der Waals surface area contributed by atoms with Crippen LogP contribution in [0.3, 0.4) is 0 Å². The summed E-state index contributed by atoms with van der Waals surface area (Å²) in [6, 6.07) is 0. The second-order valence-corrected chi connectivity index (χ2v) is 2.91. The lowest BCUT2D eigenvalue weighted by atomic mass is 10.4. The molecule has 0 radical (unpaired) electrons. The van der Waals surface area contributed by atoms with Gasteiger partial charge in [0.15, 0.2) is 6.29 Å². The SMILES string of the molecule is CC(OP(=O)(O)O)C(O)O. The minimum Gasteiger partial charge on any atom is -0.366 e. The van der Waals surface area contributed by atoms with Gasteiger partial charge in [-0.05, 0) is 6.92 Å². The second kappa shape index (κ2) is 3.43. The molecule has 0 aliphatic carbocycles. The van der Waals surface area contributed by atoms with Gasteiger partial charge in [0.2, 0.25) is 0 Å². The Hall–Kier alpha value is 0.0300. The molecule has 0 rings (SSSR count). The van der Waals surface area contributed by atoms with E-state index in [0.717, 1.165) is 6.92 Å². The highest BCUT2D eigenvalue weighted by atomic mass is 31.2. The Balaban J connectivity index is 3.80. The van der Waals surface area contributed by atoms with Crippen LogP contribution in [0.15, 0.2) is 0 Å². The topological polar surface area (TPSA) is 107 Å². The van der Waals surface area contributed by atoms with Crippen LogP contribution in [0.4, 0.5) is 0 Å². The van der Waals surface area contributed by atoms with E-state index in [1.165, 1.54) is 0 Å². The number of aliphatic hydroxyl groups is 2. The van der Waals surface area contributed by atoms with Gasteiger partial charge in [0, 0.05) is 0 Å². The summed E-state index contributed by atoms with van der Waals surface area (Å²) in [5, 5.41) is 16.5. The van der Waals surface area contributed by atoms with Crippen molar-refractivity contribution < 1.29 is 29.1 Å². The fourth-order valence-electron chi connectivity index (χ4n) is 0.271. The quantitative estimate of drug-likeness (QED) is 0.314. The number of aliphatic hydroxyl groups excluding tert-OH is 1. The van der Waals surface area contributed by atoms with E-state index < -0.39 is 20.2 Å². The Morgan fingerprint density at radius 3 is 1.90 bits per heavy atom.